The van der Waals surface area contributed by atoms with Crippen LogP contribution in [0.25, 0.3) is 0 Å². The van der Waals surface area contributed by atoms with Gasteiger partial charge in [-0.05, 0) is 12.1 Å². The van der Waals surface area contributed by atoms with Gasteiger partial charge in [-0.25, -0.2) is 9.78 Å². The van der Waals surface area contributed by atoms with Crippen LogP contribution in [-0.2, 0) is 0 Å². The number of nitrogens with zero attached hydrogens (tertiary/aromatic N) is 1. The Labute approximate surface area is 96.2 Å². The fourth-order valence-corrected chi connectivity index (χ4v) is 1.32. The monoisotopic (exact) mass is 237 g/mol. The number of hydrogen-bond donors (Lipinski definition) is 2. The second-order valence-corrected chi connectivity index (χ2v) is 3.39. The van der Waals surface area contributed by atoms with Gasteiger partial charge >= 0.3 is 5.97 Å². The largest absolute Gasteiger partial charge is 0.420 e. The maximum absolute atomic E-state index is 11.6. The second-order valence-electron chi connectivity index (χ2n) is 2.98. The third kappa shape index (κ3) is 1.99. The lowest BCUT2D eigenvalue weighted by Crippen LogP contribution is -2.11. The summed E-state index contributed by atoms with van der Waals surface area (Å²) in [6, 6.07) is 6.67. The maximum atomic E-state index is 11.6. The molecule has 1 heterocycles. The number of benzene rings is 1. The highest BCUT2D eigenvalue weighted by Gasteiger charge is 2.15. The summed E-state index contributed by atoms with van der Waals surface area (Å²) >= 11 is 5.84. The molecular weight excluding hydrogens is 230 g/mol. The van der Waals surface area contributed by atoms with E-state index in [4.69, 9.17) is 22.1 Å². The van der Waals surface area contributed by atoms with Crippen molar-refractivity contribution in [3.63, 3.8) is 0 Å². The Morgan fingerprint density at radius 3 is 2.81 bits per heavy atom. The van der Waals surface area contributed by atoms with Crippen LogP contribution in [0.5, 0.6) is 5.75 Å². The zero-order valence-corrected chi connectivity index (χ0v) is 8.86. The predicted octanol–water partition coefficient (Wildman–Crippen LogP) is 1.86. The third-order valence-electron chi connectivity index (χ3n) is 1.91. The van der Waals surface area contributed by atoms with Crippen LogP contribution in [0.1, 0.15) is 10.5 Å². The van der Waals surface area contributed by atoms with E-state index in [0.717, 1.165) is 0 Å². The van der Waals surface area contributed by atoms with Gasteiger partial charge in [0.15, 0.2) is 11.5 Å². The fraction of sp³-hybridized carbons (Fsp3) is 0. The molecule has 0 atom stereocenters. The van der Waals surface area contributed by atoms with Crippen molar-refractivity contribution in [1.29, 1.82) is 0 Å². The summed E-state index contributed by atoms with van der Waals surface area (Å²) < 4.78 is 5.05. The highest BCUT2D eigenvalue weighted by molar-refractivity contribution is 6.32. The normalized spacial score (nSPS) is 10.1. The lowest BCUT2D eigenvalue weighted by atomic mass is 10.3. The number of halogens is 1. The van der Waals surface area contributed by atoms with E-state index < -0.39 is 5.97 Å². The molecule has 0 saturated heterocycles. The molecule has 2 aromatic rings. The Morgan fingerprint density at radius 1 is 1.44 bits per heavy atom. The van der Waals surface area contributed by atoms with Crippen LogP contribution in [0.3, 0.4) is 0 Å². The number of ether oxygens (including phenoxy) is 1. The molecule has 1 aromatic carbocycles. The number of aromatic amines is 1. The standard InChI is InChI=1S/C10H8ClN3O2/c11-6-3-1-2-4-7(6)16-10(15)8-9(12)14-5-13-8/h1-5H,12H2,(H,13,14). The molecule has 16 heavy (non-hydrogen) atoms. The zero-order chi connectivity index (χ0) is 11.5. The topological polar surface area (TPSA) is 81.0 Å². The number of imidazole rings is 1. The van der Waals surface area contributed by atoms with Crippen molar-refractivity contribution < 1.29 is 9.53 Å². The first kappa shape index (κ1) is 10.5. The van der Waals surface area contributed by atoms with E-state index in [1.165, 1.54) is 6.33 Å². The van der Waals surface area contributed by atoms with E-state index in [0.29, 0.717) is 5.02 Å². The number of hydrogen-bond acceptors (Lipinski definition) is 4. The molecule has 82 valence electrons. The molecule has 1 aromatic heterocycles. The van der Waals surface area contributed by atoms with E-state index in [1.54, 1.807) is 24.3 Å². The highest BCUT2D eigenvalue weighted by Crippen LogP contribution is 2.24. The van der Waals surface area contributed by atoms with E-state index in [9.17, 15) is 4.79 Å². The molecule has 6 heteroatoms. The van der Waals surface area contributed by atoms with E-state index >= 15 is 0 Å². The van der Waals surface area contributed by atoms with Gasteiger partial charge in [0, 0.05) is 0 Å². The van der Waals surface area contributed by atoms with Crippen molar-refractivity contribution >= 4 is 23.4 Å². The van der Waals surface area contributed by atoms with Crippen molar-refractivity contribution in [3.8, 4) is 5.75 Å². The number of carbonyl (C=O) groups excluding carboxylic acids is 1. The molecule has 0 aliphatic rings. The lowest BCUT2D eigenvalue weighted by Gasteiger charge is -2.04. The van der Waals surface area contributed by atoms with Gasteiger partial charge in [-0.2, -0.15) is 0 Å². The second kappa shape index (κ2) is 4.24. The predicted molar refractivity (Wildman–Crippen MR) is 59.4 cm³/mol. The number of H-pyrrole nitrogens is 1. The molecule has 0 fully saturated rings. The molecule has 3 N–H and O–H groups in total. The summed E-state index contributed by atoms with van der Waals surface area (Å²) in [5.74, 6) is -0.247. The van der Waals surface area contributed by atoms with Gasteiger partial charge < -0.3 is 15.5 Å². The molecule has 5 nitrogen and oxygen atoms in total. The van der Waals surface area contributed by atoms with E-state index in [1.807, 2.05) is 0 Å². The molecule has 0 aliphatic carbocycles. The first-order valence-corrected chi connectivity index (χ1v) is 4.82. The first-order valence-electron chi connectivity index (χ1n) is 4.44. The maximum Gasteiger partial charge on any atom is 0.364 e. The van der Waals surface area contributed by atoms with Crippen LogP contribution in [-0.4, -0.2) is 15.9 Å². The summed E-state index contributed by atoms with van der Waals surface area (Å²) in [6.45, 7) is 0. The molecular formula is C10H8ClN3O2. The van der Waals surface area contributed by atoms with Crippen molar-refractivity contribution in [2.45, 2.75) is 0 Å². The Hall–Kier alpha value is -2.01. The quantitative estimate of drug-likeness (QED) is 0.617. The number of nitrogens with two attached hydrogens (primary N) is 1. The van der Waals surface area contributed by atoms with Gasteiger partial charge in [0.1, 0.15) is 5.75 Å². The van der Waals surface area contributed by atoms with Crippen molar-refractivity contribution in [2.75, 3.05) is 5.73 Å². The molecule has 0 saturated carbocycles. The number of esters is 1. The Balaban J connectivity index is 2.21. The number of aromatic nitrogens is 2. The van der Waals surface area contributed by atoms with Gasteiger partial charge in [0.25, 0.3) is 0 Å². The molecule has 0 aliphatic heterocycles. The molecule has 0 radical (unpaired) electrons. The molecule has 0 spiro atoms. The number of carbonyl (C=O) groups is 1. The summed E-state index contributed by atoms with van der Waals surface area (Å²) in [5.41, 5.74) is 5.57. The van der Waals surface area contributed by atoms with Crippen LogP contribution in [0.4, 0.5) is 5.82 Å². The molecule has 0 bridgehead atoms. The Kier molecular flexibility index (Phi) is 2.78. The number of nitrogens with one attached hydrogen (secondary N) is 1. The fourth-order valence-electron chi connectivity index (χ4n) is 1.15. The number of para-hydroxylation sites is 1. The summed E-state index contributed by atoms with van der Waals surface area (Å²) in [4.78, 5) is 17.9. The number of anilines is 1. The van der Waals surface area contributed by atoms with Crippen LogP contribution in [0.15, 0.2) is 30.6 Å². The number of rotatable bonds is 2. The first-order chi connectivity index (χ1) is 7.68. The number of nitrogen functional groups attached to an aromatic ring is 1. The smallest absolute Gasteiger partial charge is 0.364 e. The van der Waals surface area contributed by atoms with Crippen molar-refractivity contribution in [2.24, 2.45) is 0 Å². The molecule has 0 unspecified atom stereocenters. The molecule has 2 rings (SSSR count). The molecule has 0 amide bonds. The zero-order valence-electron chi connectivity index (χ0n) is 8.11. The Morgan fingerprint density at radius 2 is 2.19 bits per heavy atom. The van der Waals surface area contributed by atoms with Gasteiger partial charge in [-0.15, -0.1) is 0 Å². The Bertz CT molecular complexity index is 524. The lowest BCUT2D eigenvalue weighted by molar-refractivity contribution is 0.0730. The van der Waals surface area contributed by atoms with Gasteiger partial charge in [-0.3, -0.25) is 0 Å². The van der Waals surface area contributed by atoms with Crippen LogP contribution >= 0.6 is 11.6 Å². The average Bonchev–Trinajstić information content (AvgIpc) is 2.68. The van der Waals surface area contributed by atoms with Crippen molar-refractivity contribution in [3.05, 3.63) is 41.3 Å². The van der Waals surface area contributed by atoms with Gasteiger partial charge in [0.05, 0.1) is 11.3 Å². The average molecular weight is 238 g/mol. The van der Waals surface area contributed by atoms with E-state index in [-0.39, 0.29) is 17.3 Å². The summed E-state index contributed by atoms with van der Waals surface area (Å²) in [5, 5.41) is 0.355. The SMILES string of the molecule is Nc1nc[nH]c1C(=O)Oc1ccccc1Cl. The minimum atomic E-state index is -0.622. The van der Waals surface area contributed by atoms with Crippen LogP contribution < -0.4 is 10.5 Å². The van der Waals surface area contributed by atoms with Crippen molar-refractivity contribution in [1.82, 2.24) is 9.97 Å². The highest BCUT2D eigenvalue weighted by atomic mass is 35.5. The van der Waals surface area contributed by atoms with Gasteiger partial charge in [0.2, 0.25) is 0 Å². The summed E-state index contributed by atoms with van der Waals surface area (Å²) in [7, 11) is 0. The minimum Gasteiger partial charge on any atom is -0.420 e. The van der Waals surface area contributed by atoms with E-state index in [2.05, 4.69) is 9.97 Å². The summed E-state index contributed by atoms with van der Waals surface area (Å²) in [6.07, 6.45) is 1.32. The van der Waals surface area contributed by atoms with Crippen LogP contribution in [0, 0.1) is 0 Å². The third-order valence-corrected chi connectivity index (χ3v) is 2.22. The van der Waals surface area contributed by atoms with Crippen LogP contribution in [0.2, 0.25) is 5.02 Å². The van der Waals surface area contributed by atoms with Gasteiger partial charge in [-0.1, -0.05) is 23.7 Å². The minimum absolute atomic E-state index is 0.0945.